The molecule has 4 heteroatoms. The normalized spacial score (nSPS) is 29.5. The van der Waals surface area contributed by atoms with Gasteiger partial charge in [0.2, 0.25) is 0 Å². The van der Waals surface area contributed by atoms with Crippen LogP contribution in [0.1, 0.15) is 12.0 Å². The molecule has 0 aliphatic carbocycles. The maximum atomic E-state index is 10.4. The largest absolute Gasteiger partial charge is 0.488 e. The van der Waals surface area contributed by atoms with Gasteiger partial charge in [0.15, 0.2) is 0 Å². The first-order chi connectivity index (χ1) is 9.15. The van der Waals surface area contributed by atoms with Crippen LogP contribution in [0.5, 0.6) is 5.75 Å². The van der Waals surface area contributed by atoms with Crippen molar-refractivity contribution in [2.75, 3.05) is 33.2 Å². The smallest absolute Gasteiger partial charge is 0.123 e. The molecule has 2 heterocycles. The highest BCUT2D eigenvalue weighted by atomic mass is 16.5. The molecule has 0 spiro atoms. The highest BCUT2D eigenvalue weighted by Gasteiger charge is 2.33. The van der Waals surface area contributed by atoms with E-state index in [1.54, 1.807) is 0 Å². The number of nitrogens with one attached hydrogen (secondary N) is 1. The van der Waals surface area contributed by atoms with Gasteiger partial charge < -0.3 is 15.2 Å². The number of nitrogens with zero attached hydrogens (tertiary/aromatic N) is 1. The number of fused-ring (bicyclic) bond motifs is 1. The molecule has 0 bridgehead atoms. The van der Waals surface area contributed by atoms with Crippen LogP contribution in [0.3, 0.4) is 0 Å². The number of para-hydroxylation sites is 1. The lowest BCUT2D eigenvalue weighted by molar-refractivity contribution is 0.0199. The Morgan fingerprint density at radius 3 is 3.05 bits per heavy atom. The molecule has 104 valence electrons. The molecule has 1 fully saturated rings. The minimum atomic E-state index is -0.569. The summed E-state index contributed by atoms with van der Waals surface area (Å²) in [4.78, 5) is 2.18. The van der Waals surface area contributed by atoms with Crippen LogP contribution in [0.25, 0.3) is 0 Å². The second-order valence-corrected chi connectivity index (χ2v) is 5.90. The summed E-state index contributed by atoms with van der Waals surface area (Å²) >= 11 is 0. The second kappa shape index (κ2) is 5.12. The summed E-state index contributed by atoms with van der Waals surface area (Å²) in [6.45, 7) is 3.17. The molecular weight excluding hydrogens is 240 g/mol. The summed E-state index contributed by atoms with van der Waals surface area (Å²) in [5, 5.41) is 13.6. The molecular formula is C15H22N2O2. The van der Waals surface area contributed by atoms with Crippen LogP contribution in [0.15, 0.2) is 24.3 Å². The quantitative estimate of drug-likeness (QED) is 0.836. The average molecular weight is 262 g/mol. The van der Waals surface area contributed by atoms with E-state index in [0.29, 0.717) is 13.1 Å². The number of β-amino-alcohol motifs (C(OH)–C–C–N with tert-alkyl or cyclic N) is 1. The maximum Gasteiger partial charge on any atom is 0.123 e. The lowest BCUT2D eigenvalue weighted by Gasteiger charge is -2.29. The second-order valence-electron chi connectivity index (χ2n) is 5.90. The third-order valence-corrected chi connectivity index (χ3v) is 4.01. The monoisotopic (exact) mass is 262 g/mol. The van der Waals surface area contributed by atoms with Crippen molar-refractivity contribution in [2.24, 2.45) is 0 Å². The number of likely N-dealkylation sites (N-methyl/N-ethyl adjacent to an activating group) is 1. The lowest BCUT2D eigenvalue weighted by atomic mass is 10.0. The van der Waals surface area contributed by atoms with Crippen LogP contribution >= 0.6 is 0 Å². The summed E-state index contributed by atoms with van der Waals surface area (Å²) in [5.41, 5.74) is 0.724. The van der Waals surface area contributed by atoms with Crippen LogP contribution in [0.2, 0.25) is 0 Å². The number of hydrogen-bond donors (Lipinski definition) is 2. The van der Waals surface area contributed by atoms with Crippen molar-refractivity contribution in [3.63, 3.8) is 0 Å². The molecule has 2 unspecified atom stereocenters. The highest BCUT2D eigenvalue weighted by Crippen LogP contribution is 2.28. The SMILES string of the molecule is CN(CC1Cc2ccccc2O1)CC1(O)CCNC1. The van der Waals surface area contributed by atoms with Crippen LogP contribution in [-0.2, 0) is 6.42 Å². The number of ether oxygens (including phenoxy) is 1. The molecule has 1 aromatic rings. The summed E-state index contributed by atoms with van der Waals surface area (Å²) in [6, 6.07) is 8.23. The van der Waals surface area contributed by atoms with Gasteiger partial charge in [-0.2, -0.15) is 0 Å². The average Bonchev–Trinajstić information content (AvgIpc) is 2.94. The van der Waals surface area contributed by atoms with Crippen molar-refractivity contribution in [3.8, 4) is 5.75 Å². The third-order valence-electron chi connectivity index (χ3n) is 4.01. The topological polar surface area (TPSA) is 44.7 Å². The van der Waals surface area contributed by atoms with Crippen molar-refractivity contribution < 1.29 is 9.84 Å². The molecule has 3 rings (SSSR count). The van der Waals surface area contributed by atoms with E-state index in [-0.39, 0.29) is 6.10 Å². The first kappa shape index (κ1) is 12.9. The predicted octanol–water partition coefficient (Wildman–Crippen LogP) is 0.646. The van der Waals surface area contributed by atoms with Gasteiger partial charge in [0.05, 0.1) is 5.60 Å². The number of aliphatic hydroxyl groups is 1. The molecule has 2 atom stereocenters. The summed E-state index contributed by atoms with van der Waals surface area (Å²) in [6.07, 6.45) is 2.01. The van der Waals surface area contributed by atoms with Gasteiger partial charge in [0.1, 0.15) is 11.9 Å². The van der Waals surface area contributed by atoms with Crippen LogP contribution in [0, 0.1) is 0 Å². The zero-order valence-electron chi connectivity index (χ0n) is 11.4. The van der Waals surface area contributed by atoms with Crippen molar-refractivity contribution in [3.05, 3.63) is 29.8 Å². The van der Waals surface area contributed by atoms with E-state index in [2.05, 4.69) is 29.4 Å². The molecule has 19 heavy (non-hydrogen) atoms. The van der Waals surface area contributed by atoms with Crippen LogP contribution < -0.4 is 10.1 Å². The molecule has 2 N–H and O–H groups in total. The summed E-state index contributed by atoms with van der Waals surface area (Å²) < 4.78 is 5.94. The lowest BCUT2D eigenvalue weighted by Crippen LogP contribution is -2.45. The van der Waals surface area contributed by atoms with E-state index in [1.807, 2.05) is 12.1 Å². The van der Waals surface area contributed by atoms with Gasteiger partial charge in [-0.05, 0) is 31.6 Å². The summed E-state index contributed by atoms with van der Waals surface area (Å²) in [7, 11) is 2.06. The van der Waals surface area contributed by atoms with E-state index in [0.717, 1.165) is 31.7 Å². The Morgan fingerprint density at radius 2 is 2.32 bits per heavy atom. The number of benzene rings is 1. The first-order valence-electron chi connectivity index (χ1n) is 7.01. The molecule has 0 saturated carbocycles. The number of hydrogen-bond acceptors (Lipinski definition) is 4. The van der Waals surface area contributed by atoms with Gasteiger partial charge >= 0.3 is 0 Å². The van der Waals surface area contributed by atoms with Gasteiger partial charge in [0.25, 0.3) is 0 Å². The van der Waals surface area contributed by atoms with Gasteiger partial charge in [-0.15, -0.1) is 0 Å². The molecule has 1 saturated heterocycles. The van der Waals surface area contributed by atoms with Gasteiger partial charge in [-0.25, -0.2) is 0 Å². The van der Waals surface area contributed by atoms with E-state index >= 15 is 0 Å². The fourth-order valence-electron chi connectivity index (χ4n) is 3.14. The number of rotatable bonds is 4. The Hall–Kier alpha value is -1.10. The Morgan fingerprint density at radius 1 is 1.47 bits per heavy atom. The Bertz CT molecular complexity index is 419. The van der Waals surface area contributed by atoms with Crippen LogP contribution in [0.4, 0.5) is 0 Å². The molecule has 1 aromatic carbocycles. The minimum absolute atomic E-state index is 0.209. The predicted molar refractivity (Wildman–Crippen MR) is 74.5 cm³/mol. The van der Waals surface area contributed by atoms with Crippen molar-refractivity contribution >= 4 is 0 Å². The zero-order chi connectivity index (χ0) is 13.3. The first-order valence-corrected chi connectivity index (χ1v) is 7.01. The van der Waals surface area contributed by atoms with E-state index in [9.17, 15) is 5.11 Å². The fourth-order valence-corrected chi connectivity index (χ4v) is 3.14. The molecule has 0 amide bonds. The standard InChI is InChI=1S/C15H22N2O2/c1-17(11-15(18)6-7-16-10-15)9-13-8-12-4-2-3-5-14(12)19-13/h2-5,13,16,18H,6-11H2,1H3. The highest BCUT2D eigenvalue weighted by molar-refractivity contribution is 5.37. The zero-order valence-corrected chi connectivity index (χ0v) is 11.4. The minimum Gasteiger partial charge on any atom is -0.488 e. The van der Waals surface area contributed by atoms with E-state index in [4.69, 9.17) is 4.74 Å². The summed E-state index contributed by atoms with van der Waals surface area (Å²) in [5.74, 6) is 1.02. The van der Waals surface area contributed by atoms with Crippen LogP contribution in [-0.4, -0.2) is 54.9 Å². The molecule has 4 nitrogen and oxygen atoms in total. The van der Waals surface area contributed by atoms with Gasteiger partial charge in [-0.3, -0.25) is 4.90 Å². The van der Waals surface area contributed by atoms with Crippen molar-refractivity contribution in [2.45, 2.75) is 24.5 Å². The molecule has 2 aliphatic rings. The Balaban J connectivity index is 1.53. The van der Waals surface area contributed by atoms with E-state index < -0.39 is 5.60 Å². The maximum absolute atomic E-state index is 10.4. The molecule has 2 aliphatic heterocycles. The van der Waals surface area contributed by atoms with Crippen molar-refractivity contribution in [1.29, 1.82) is 0 Å². The molecule has 0 radical (unpaired) electrons. The van der Waals surface area contributed by atoms with Crippen molar-refractivity contribution in [1.82, 2.24) is 10.2 Å². The van der Waals surface area contributed by atoms with E-state index in [1.165, 1.54) is 5.56 Å². The third kappa shape index (κ3) is 2.91. The Kier molecular flexibility index (Phi) is 3.48. The molecule has 0 aromatic heterocycles. The van der Waals surface area contributed by atoms with Gasteiger partial charge in [-0.1, -0.05) is 18.2 Å². The van der Waals surface area contributed by atoms with Gasteiger partial charge in [0, 0.05) is 26.1 Å². The fraction of sp³-hybridized carbons (Fsp3) is 0.600. The Labute approximate surface area is 114 Å².